The summed E-state index contributed by atoms with van der Waals surface area (Å²) >= 11 is 0. The molecule has 3 aliphatic rings. The van der Waals surface area contributed by atoms with Crippen molar-refractivity contribution in [2.24, 2.45) is 17.8 Å². The molecule has 4 nitrogen and oxygen atoms in total. The van der Waals surface area contributed by atoms with E-state index in [1.807, 2.05) is 0 Å². The van der Waals surface area contributed by atoms with Gasteiger partial charge in [-0.1, -0.05) is 6.92 Å². The number of carbonyl (C=O) groups is 1. The number of carbonyl (C=O) groups excluding carboxylic acids is 1. The minimum atomic E-state index is 0. The van der Waals surface area contributed by atoms with Crippen molar-refractivity contribution >= 4 is 30.7 Å². The Morgan fingerprint density at radius 3 is 2.35 bits per heavy atom. The monoisotopic (exact) mass is 407 g/mol. The fraction of sp³-hybridized carbons (Fsp3) is 0.950. The summed E-state index contributed by atoms with van der Waals surface area (Å²) in [6.07, 6.45) is 9.60. The largest absolute Gasteiger partial charge is 0.342 e. The fourth-order valence-electron chi connectivity index (χ4n) is 4.71. The summed E-state index contributed by atoms with van der Waals surface area (Å²) in [4.78, 5) is 17.4. The molecule has 1 atom stereocenters. The number of amides is 1. The normalized spacial score (nSPS) is 26.0. The maximum Gasteiger partial charge on any atom is 0.222 e. The van der Waals surface area contributed by atoms with Gasteiger partial charge in [0.25, 0.3) is 0 Å². The highest BCUT2D eigenvalue weighted by molar-refractivity contribution is 5.85. The van der Waals surface area contributed by atoms with Gasteiger partial charge in [0, 0.05) is 26.1 Å². The minimum absolute atomic E-state index is 0. The van der Waals surface area contributed by atoms with Gasteiger partial charge in [0.1, 0.15) is 0 Å². The molecule has 0 aromatic heterocycles. The van der Waals surface area contributed by atoms with Gasteiger partial charge in [0.15, 0.2) is 0 Å². The average Bonchev–Trinajstić information content (AvgIpc) is 2.63. The Labute approximate surface area is 172 Å². The highest BCUT2D eigenvalue weighted by Crippen LogP contribution is 2.23. The SMILES string of the molecule is CC1CCN(CC2CCCN(C(=O)CCC3CCNCC3)C2)CC1.Cl.Cl. The van der Waals surface area contributed by atoms with Crippen molar-refractivity contribution in [1.29, 1.82) is 0 Å². The molecule has 154 valence electrons. The maximum atomic E-state index is 12.6. The number of halogens is 2. The molecule has 1 amide bonds. The molecule has 0 aromatic carbocycles. The summed E-state index contributed by atoms with van der Waals surface area (Å²) in [6.45, 7) is 10.4. The first-order chi connectivity index (χ1) is 11.7. The summed E-state index contributed by atoms with van der Waals surface area (Å²) in [5.74, 6) is 2.80. The van der Waals surface area contributed by atoms with Gasteiger partial charge in [-0.2, -0.15) is 0 Å². The molecule has 3 rings (SSSR count). The number of likely N-dealkylation sites (tertiary alicyclic amines) is 2. The predicted octanol–water partition coefficient (Wildman–Crippen LogP) is 3.58. The highest BCUT2D eigenvalue weighted by Gasteiger charge is 2.26. The molecule has 3 heterocycles. The Morgan fingerprint density at radius 1 is 0.962 bits per heavy atom. The number of piperidine rings is 3. The van der Waals surface area contributed by atoms with Gasteiger partial charge in [0.05, 0.1) is 0 Å². The van der Waals surface area contributed by atoms with Crippen molar-refractivity contribution < 1.29 is 4.79 Å². The second-order valence-electron chi connectivity index (χ2n) is 8.56. The van der Waals surface area contributed by atoms with Crippen LogP contribution < -0.4 is 5.32 Å². The van der Waals surface area contributed by atoms with Crippen molar-refractivity contribution in [3.05, 3.63) is 0 Å². The second-order valence-corrected chi connectivity index (χ2v) is 8.56. The first-order valence-corrected chi connectivity index (χ1v) is 10.4. The molecule has 0 radical (unpaired) electrons. The van der Waals surface area contributed by atoms with E-state index in [-0.39, 0.29) is 24.8 Å². The van der Waals surface area contributed by atoms with Crippen molar-refractivity contribution in [3.8, 4) is 0 Å². The van der Waals surface area contributed by atoms with Crippen LogP contribution in [0.25, 0.3) is 0 Å². The van der Waals surface area contributed by atoms with E-state index in [9.17, 15) is 4.79 Å². The molecule has 0 saturated carbocycles. The first kappa shape index (κ1) is 24.0. The van der Waals surface area contributed by atoms with E-state index in [0.29, 0.717) is 11.8 Å². The van der Waals surface area contributed by atoms with Gasteiger partial charge in [-0.25, -0.2) is 0 Å². The van der Waals surface area contributed by atoms with Crippen LogP contribution in [-0.4, -0.2) is 61.5 Å². The molecule has 3 fully saturated rings. The van der Waals surface area contributed by atoms with Crippen molar-refractivity contribution in [3.63, 3.8) is 0 Å². The Kier molecular flexibility index (Phi) is 11.5. The number of hydrogen-bond acceptors (Lipinski definition) is 3. The zero-order valence-electron chi connectivity index (χ0n) is 16.5. The summed E-state index contributed by atoms with van der Waals surface area (Å²) in [5, 5.41) is 3.41. The summed E-state index contributed by atoms with van der Waals surface area (Å²) < 4.78 is 0. The molecule has 6 heteroatoms. The van der Waals surface area contributed by atoms with Crippen LogP contribution in [0.2, 0.25) is 0 Å². The lowest BCUT2D eigenvalue weighted by Gasteiger charge is -2.38. The number of nitrogens with one attached hydrogen (secondary N) is 1. The molecule has 0 spiro atoms. The van der Waals surface area contributed by atoms with Crippen LogP contribution in [-0.2, 0) is 4.79 Å². The van der Waals surface area contributed by atoms with Gasteiger partial charge in [-0.05, 0) is 88.9 Å². The lowest BCUT2D eigenvalue weighted by atomic mass is 9.92. The van der Waals surface area contributed by atoms with E-state index in [1.165, 1.54) is 58.2 Å². The second kappa shape index (κ2) is 12.4. The molecule has 0 aromatic rings. The predicted molar refractivity (Wildman–Crippen MR) is 113 cm³/mol. The zero-order chi connectivity index (χ0) is 16.8. The molecule has 0 aliphatic carbocycles. The standard InChI is InChI=1S/C20H37N3O.2ClH/c1-17-8-13-22(14-9-17)15-19-3-2-12-23(16-19)20(24)5-4-18-6-10-21-11-7-18;;/h17-19,21H,2-16H2,1H3;2*1H. The minimum Gasteiger partial charge on any atom is -0.342 e. The summed E-state index contributed by atoms with van der Waals surface area (Å²) in [7, 11) is 0. The van der Waals surface area contributed by atoms with E-state index < -0.39 is 0 Å². The van der Waals surface area contributed by atoms with Crippen LogP contribution in [0.5, 0.6) is 0 Å². The van der Waals surface area contributed by atoms with Crippen LogP contribution >= 0.6 is 24.8 Å². The van der Waals surface area contributed by atoms with Crippen LogP contribution in [0.3, 0.4) is 0 Å². The summed E-state index contributed by atoms with van der Waals surface area (Å²) in [5.41, 5.74) is 0. The van der Waals surface area contributed by atoms with E-state index in [0.717, 1.165) is 50.9 Å². The van der Waals surface area contributed by atoms with Crippen LogP contribution in [0.4, 0.5) is 0 Å². The van der Waals surface area contributed by atoms with Gasteiger partial charge in [-0.3, -0.25) is 4.79 Å². The number of nitrogens with zero attached hydrogens (tertiary/aromatic N) is 2. The fourth-order valence-corrected chi connectivity index (χ4v) is 4.71. The lowest BCUT2D eigenvalue weighted by molar-refractivity contribution is -0.133. The third-order valence-corrected chi connectivity index (χ3v) is 6.49. The Morgan fingerprint density at radius 2 is 1.65 bits per heavy atom. The van der Waals surface area contributed by atoms with Gasteiger partial charge in [-0.15, -0.1) is 24.8 Å². The van der Waals surface area contributed by atoms with Gasteiger partial charge >= 0.3 is 0 Å². The Hall–Kier alpha value is -0.0300. The van der Waals surface area contributed by atoms with Crippen LogP contribution in [0.15, 0.2) is 0 Å². The Bertz CT molecular complexity index is 397. The molecular weight excluding hydrogens is 369 g/mol. The maximum absolute atomic E-state index is 12.6. The molecular formula is C20H39Cl2N3O. The van der Waals surface area contributed by atoms with E-state index in [1.54, 1.807) is 0 Å². The molecule has 1 N–H and O–H groups in total. The highest BCUT2D eigenvalue weighted by atomic mass is 35.5. The van der Waals surface area contributed by atoms with E-state index >= 15 is 0 Å². The summed E-state index contributed by atoms with van der Waals surface area (Å²) in [6, 6.07) is 0. The van der Waals surface area contributed by atoms with E-state index in [4.69, 9.17) is 0 Å². The van der Waals surface area contributed by atoms with E-state index in [2.05, 4.69) is 22.0 Å². The van der Waals surface area contributed by atoms with Crippen molar-refractivity contribution in [1.82, 2.24) is 15.1 Å². The van der Waals surface area contributed by atoms with Crippen molar-refractivity contribution in [2.45, 2.75) is 58.3 Å². The third-order valence-electron chi connectivity index (χ3n) is 6.49. The van der Waals surface area contributed by atoms with Crippen molar-refractivity contribution in [2.75, 3.05) is 45.8 Å². The molecule has 1 unspecified atom stereocenters. The average molecular weight is 408 g/mol. The first-order valence-electron chi connectivity index (χ1n) is 10.4. The van der Waals surface area contributed by atoms with Gasteiger partial charge < -0.3 is 15.1 Å². The zero-order valence-corrected chi connectivity index (χ0v) is 18.1. The lowest BCUT2D eigenvalue weighted by Crippen LogP contribution is -2.45. The molecule has 0 bridgehead atoms. The third kappa shape index (κ3) is 7.53. The quantitative estimate of drug-likeness (QED) is 0.755. The molecule has 26 heavy (non-hydrogen) atoms. The molecule has 3 saturated heterocycles. The number of hydrogen-bond donors (Lipinski definition) is 1. The smallest absolute Gasteiger partial charge is 0.222 e. The number of rotatable bonds is 5. The van der Waals surface area contributed by atoms with Crippen LogP contribution in [0.1, 0.15) is 58.3 Å². The molecule has 3 aliphatic heterocycles. The van der Waals surface area contributed by atoms with Gasteiger partial charge in [0.2, 0.25) is 5.91 Å². The Balaban J connectivity index is 0.00000169. The topological polar surface area (TPSA) is 35.6 Å². The van der Waals surface area contributed by atoms with Crippen LogP contribution in [0, 0.1) is 17.8 Å².